The Kier molecular flexibility index (Phi) is 3.82. The Balaban J connectivity index is 1.41. The Bertz CT molecular complexity index is 908. The lowest BCUT2D eigenvalue weighted by Gasteiger charge is -2.49. The summed E-state index contributed by atoms with van der Waals surface area (Å²) in [6, 6.07) is 11.2. The molecule has 1 N–H and O–H groups in total. The van der Waals surface area contributed by atoms with E-state index >= 15 is 0 Å². The van der Waals surface area contributed by atoms with E-state index in [2.05, 4.69) is 44.2 Å². The molecular formula is C21H23N5. The molecule has 1 aromatic carbocycles. The predicted molar refractivity (Wildman–Crippen MR) is 104 cm³/mol. The summed E-state index contributed by atoms with van der Waals surface area (Å²) in [5.41, 5.74) is 3.14. The van der Waals surface area contributed by atoms with Crippen molar-refractivity contribution in [3.8, 4) is 11.1 Å². The van der Waals surface area contributed by atoms with Gasteiger partial charge < -0.3 is 5.32 Å². The second-order valence-electron chi connectivity index (χ2n) is 7.46. The summed E-state index contributed by atoms with van der Waals surface area (Å²) in [5, 5.41) is 4.73. The van der Waals surface area contributed by atoms with Crippen molar-refractivity contribution in [2.24, 2.45) is 5.92 Å². The molecule has 132 valence electrons. The third-order valence-corrected chi connectivity index (χ3v) is 6.08. The van der Waals surface area contributed by atoms with E-state index in [1.807, 2.05) is 36.8 Å². The molecule has 3 aromatic rings. The molecule has 5 heteroatoms. The molecule has 5 nitrogen and oxygen atoms in total. The molecule has 0 radical (unpaired) electrons. The monoisotopic (exact) mass is 345 g/mol. The van der Waals surface area contributed by atoms with Gasteiger partial charge in [-0.05, 0) is 56.5 Å². The first-order valence-corrected chi connectivity index (χ1v) is 9.46. The van der Waals surface area contributed by atoms with Gasteiger partial charge in [-0.2, -0.15) is 0 Å². The van der Waals surface area contributed by atoms with Crippen LogP contribution in [0, 0.1) is 5.92 Å². The van der Waals surface area contributed by atoms with Crippen LogP contribution in [0.3, 0.4) is 0 Å². The highest BCUT2D eigenvalue weighted by Crippen LogP contribution is 2.34. The van der Waals surface area contributed by atoms with Crippen molar-refractivity contribution in [1.82, 2.24) is 19.9 Å². The van der Waals surface area contributed by atoms with Crippen LogP contribution in [0.1, 0.15) is 19.8 Å². The van der Waals surface area contributed by atoms with E-state index in [0.29, 0.717) is 12.1 Å². The van der Waals surface area contributed by atoms with Crippen molar-refractivity contribution in [3.05, 3.63) is 48.9 Å². The number of anilines is 1. The minimum absolute atomic E-state index is 0.449. The van der Waals surface area contributed by atoms with Gasteiger partial charge in [0.1, 0.15) is 0 Å². The zero-order valence-corrected chi connectivity index (χ0v) is 15.0. The average Bonchev–Trinajstić information content (AvgIpc) is 2.71. The maximum absolute atomic E-state index is 4.61. The minimum atomic E-state index is 0.449. The molecule has 3 aliphatic heterocycles. The number of hydrogen-bond acceptors (Lipinski definition) is 5. The van der Waals surface area contributed by atoms with Crippen LogP contribution in [0.2, 0.25) is 0 Å². The normalized spacial score (nSPS) is 27.6. The van der Waals surface area contributed by atoms with Crippen LogP contribution in [0.5, 0.6) is 0 Å². The molecule has 0 amide bonds. The molecule has 0 unspecified atom stereocenters. The first-order chi connectivity index (χ1) is 12.8. The van der Waals surface area contributed by atoms with Crippen LogP contribution in [0.15, 0.2) is 48.9 Å². The molecule has 2 atom stereocenters. The maximum atomic E-state index is 4.61. The predicted octanol–water partition coefficient (Wildman–Crippen LogP) is 3.59. The number of aromatic nitrogens is 3. The van der Waals surface area contributed by atoms with Gasteiger partial charge in [-0.25, -0.2) is 9.97 Å². The topological polar surface area (TPSA) is 53.9 Å². The molecule has 2 bridgehead atoms. The number of benzene rings is 1. The second kappa shape index (κ2) is 6.32. The summed E-state index contributed by atoms with van der Waals surface area (Å²) in [6.45, 7) is 4.79. The highest BCUT2D eigenvalue weighted by atomic mass is 15.2. The Hall–Kier alpha value is -2.53. The molecule has 3 saturated heterocycles. The second-order valence-corrected chi connectivity index (χ2v) is 7.46. The van der Waals surface area contributed by atoms with E-state index in [1.54, 1.807) is 0 Å². The number of piperidine rings is 3. The lowest BCUT2D eigenvalue weighted by atomic mass is 9.79. The number of pyridine rings is 1. The van der Waals surface area contributed by atoms with Crippen molar-refractivity contribution in [1.29, 1.82) is 0 Å². The van der Waals surface area contributed by atoms with Crippen LogP contribution in [-0.2, 0) is 0 Å². The van der Waals surface area contributed by atoms with Gasteiger partial charge in [-0.15, -0.1) is 0 Å². The van der Waals surface area contributed by atoms with Crippen molar-refractivity contribution in [2.45, 2.75) is 31.8 Å². The Morgan fingerprint density at radius 2 is 1.81 bits per heavy atom. The Morgan fingerprint density at radius 3 is 2.58 bits per heavy atom. The van der Waals surface area contributed by atoms with E-state index in [-0.39, 0.29) is 0 Å². The van der Waals surface area contributed by atoms with Crippen molar-refractivity contribution in [2.75, 3.05) is 18.4 Å². The third kappa shape index (κ3) is 2.63. The number of hydrogen-bond donors (Lipinski definition) is 1. The maximum Gasteiger partial charge on any atom is 0.222 e. The molecule has 6 rings (SSSR count). The van der Waals surface area contributed by atoms with Gasteiger partial charge in [0.25, 0.3) is 0 Å². The van der Waals surface area contributed by atoms with Gasteiger partial charge in [0.15, 0.2) is 0 Å². The zero-order valence-electron chi connectivity index (χ0n) is 15.0. The number of fused-ring (bicyclic) bond motifs is 4. The summed E-state index contributed by atoms with van der Waals surface area (Å²) in [7, 11) is 0. The van der Waals surface area contributed by atoms with Gasteiger partial charge in [0.05, 0.1) is 5.52 Å². The quantitative estimate of drug-likeness (QED) is 0.786. The number of rotatable bonds is 3. The average molecular weight is 345 g/mol. The smallest absolute Gasteiger partial charge is 0.222 e. The Morgan fingerprint density at radius 1 is 1.00 bits per heavy atom. The minimum Gasteiger partial charge on any atom is -0.350 e. The highest BCUT2D eigenvalue weighted by molar-refractivity contribution is 5.94. The Labute approximate surface area is 153 Å². The molecule has 0 spiro atoms. The van der Waals surface area contributed by atoms with E-state index in [0.717, 1.165) is 33.9 Å². The van der Waals surface area contributed by atoms with Crippen molar-refractivity contribution < 1.29 is 0 Å². The van der Waals surface area contributed by atoms with E-state index in [9.17, 15) is 0 Å². The van der Waals surface area contributed by atoms with E-state index < -0.39 is 0 Å². The molecular weight excluding hydrogens is 322 g/mol. The number of nitrogens with one attached hydrogen (secondary N) is 1. The van der Waals surface area contributed by atoms with Gasteiger partial charge in [0.2, 0.25) is 5.95 Å². The van der Waals surface area contributed by atoms with Crippen LogP contribution in [-0.4, -0.2) is 45.0 Å². The lowest BCUT2D eigenvalue weighted by Crippen LogP contribution is -2.59. The lowest BCUT2D eigenvalue weighted by molar-refractivity contribution is 0.0455. The summed E-state index contributed by atoms with van der Waals surface area (Å²) in [5.74, 6) is 1.47. The van der Waals surface area contributed by atoms with E-state index in [1.165, 1.54) is 25.9 Å². The third-order valence-electron chi connectivity index (χ3n) is 6.08. The molecule has 2 aromatic heterocycles. The molecule has 3 aliphatic rings. The van der Waals surface area contributed by atoms with Crippen LogP contribution in [0.25, 0.3) is 22.0 Å². The summed E-state index contributed by atoms with van der Waals surface area (Å²) < 4.78 is 0. The largest absolute Gasteiger partial charge is 0.350 e. The first-order valence-electron chi connectivity index (χ1n) is 9.46. The SMILES string of the molecule is C[C@@H]1[C@H](Nc2ncc(-c3cccc4ncccc34)cn2)C2CCN1CC2. The summed E-state index contributed by atoms with van der Waals surface area (Å²) >= 11 is 0. The van der Waals surface area contributed by atoms with Gasteiger partial charge >= 0.3 is 0 Å². The highest BCUT2D eigenvalue weighted by Gasteiger charge is 2.39. The standard InChI is InChI=1S/C21H23N5/c1-14-20(15-7-10-26(14)11-8-15)25-21-23-12-16(13-24-21)17-4-2-6-19-18(17)5-3-9-22-19/h2-6,9,12-15,20H,7-8,10-11H2,1H3,(H,23,24,25)/t14-,20+/m1/s1. The van der Waals surface area contributed by atoms with Gasteiger partial charge in [0, 0.05) is 41.6 Å². The fourth-order valence-corrected chi connectivity index (χ4v) is 4.59. The molecule has 26 heavy (non-hydrogen) atoms. The molecule has 3 fully saturated rings. The fourth-order valence-electron chi connectivity index (χ4n) is 4.59. The number of nitrogens with zero attached hydrogens (tertiary/aromatic N) is 4. The first kappa shape index (κ1) is 15.7. The molecule has 0 saturated carbocycles. The summed E-state index contributed by atoms with van der Waals surface area (Å²) in [4.78, 5) is 16.2. The van der Waals surface area contributed by atoms with Crippen LogP contribution in [0.4, 0.5) is 5.95 Å². The van der Waals surface area contributed by atoms with Crippen molar-refractivity contribution >= 4 is 16.9 Å². The summed E-state index contributed by atoms with van der Waals surface area (Å²) in [6.07, 6.45) is 8.23. The van der Waals surface area contributed by atoms with Crippen LogP contribution >= 0.6 is 0 Å². The fraction of sp³-hybridized carbons (Fsp3) is 0.381. The van der Waals surface area contributed by atoms with Crippen molar-refractivity contribution in [3.63, 3.8) is 0 Å². The van der Waals surface area contributed by atoms with Gasteiger partial charge in [-0.3, -0.25) is 9.88 Å². The van der Waals surface area contributed by atoms with Crippen LogP contribution < -0.4 is 5.32 Å². The molecule has 0 aliphatic carbocycles. The zero-order chi connectivity index (χ0) is 17.5. The van der Waals surface area contributed by atoms with Gasteiger partial charge in [-0.1, -0.05) is 18.2 Å². The van der Waals surface area contributed by atoms with E-state index in [4.69, 9.17) is 0 Å². The molecule has 5 heterocycles.